The van der Waals surface area contributed by atoms with Gasteiger partial charge in [-0.1, -0.05) is 23.5 Å². The quantitative estimate of drug-likeness (QED) is 0.634. The lowest BCUT2D eigenvalue weighted by molar-refractivity contribution is 0.0731. The van der Waals surface area contributed by atoms with Gasteiger partial charge in [0, 0.05) is 53.4 Å². The number of thiazole rings is 1. The van der Waals surface area contributed by atoms with Gasteiger partial charge in [-0.05, 0) is 18.6 Å². The van der Waals surface area contributed by atoms with Crippen molar-refractivity contribution in [1.29, 1.82) is 0 Å². The van der Waals surface area contributed by atoms with E-state index < -0.39 is 6.43 Å². The van der Waals surface area contributed by atoms with E-state index >= 15 is 0 Å². The van der Waals surface area contributed by atoms with Crippen LogP contribution in [0.5, 0.6) is 0 Å². The van der Waals surface area contributed by atoms with E-state index in [1.807, 2.05) is 0 Å². The van der Waals surface area contributed by atoms with Crippen molar-refractivity contribution in [2.75, 3.05) is 31.6 Å². The molecule has 0 spiro atoms. The number of hydrogen-bond acceptors (Lipinski definition) is 5. The lowest BCUT2D eigenvalue weighted by Gasteiger charge is -2.25. The Balaban J connectivity index is 1.30. The second-order valence-corrected chi connectivity index (χ2v) is 8.85. The van der Waals surface area contributed by atoms with Crippen molar-refractivity contribution >= 4 is 33.3 Å². The van der Waals surface area contributed by atoms with Crippen molar-refractivity contribution in [3.63, 3.8) is 0 Å². The number of benzene rings is 1. The molecule has 30 heavy (non-hydrogen) atoms. The fourth-order valence-corrected chi connectivity index (χ4v) is 5.11. The number of ether oxygens (including phenoxy) is 1. The standard InChI is InChI=1S/C21H22F2N4O2S/c22-19(23)13-2-1-3-15-14(13)8-17(25-15)20(28)27-6-4-16-18(10-27)30-21(26-16)24-9-12-5-7-29-11-12/h1-3,8,12,19,25H,4-7,9-11H2,(H,24,26). The molecule has 2 aliphatic rings. The average molecular weight is 432 g/mol. The van der Waals surface area contributed by atoms with E-state index in [4.69, 9.17) is 4.74 Å². The smallest absolute Gasteiger partial charge is 0.270 e. The first-order chi connectivity index (χ1) is 14.6. The normalized spacial score (nSPS) is 18.9. The van der Waals surface area contributed by atoms with Crippen LogP contribution in [-0.2, 0) is 17.7 Å². The highest BCUT2D eigenvalue weighted by Crippen LogP contribution is 2.31. The highest BCUT2D eigenvalue weighted by Gasteiger charge is 2.27. The molecule has 2 N–H and O–H groups in total. The van der Waals surface area contributed by atoms with Crippen LogP contribution >= 0.6 is 11.3 Å². The number of hydrogen-bond donors (Lipinski definition) is 2. The molecule has 1 saturated heterocycles. The van der Waals surface area contributed by atoms with Crippen molar-refractivity contribution in [2.24, 2.45) is 5.92 Å². The molecule has 1 fully saturated rings. The molecule has 2 aliphatic heterocycles. The van der Waals surface area contributed by atoms with Crippen LogP contribution in [0.3, 0.4) is 0 Å². The Morgan fingerprint density at radius 1 is 1.43 bits per heavy atom. The van der Waals surface area contributed by atoms with Crippen LogP contribution in [0.2, 0.25) is 0 Å². The molecule has 1 amide bonds. The van der Waals surface area contributed by atoms with Crippen molar-refractivity contribution in [3.8, 4) is 0 Å². The van der Waals surface area contributed by atoms with Crippen LogP contribution in [0.4, 0.5) is 13.9 Å². The molecule has 0 aliphatic carbocycles. The number of alkyl halides is 2. The fourth-order valence-electron chi connectivity index (χ4n) is 4.07. The summed E-state index contributed by atoms with van der Waals surface area (Å²) in [4.78, 5) is 23.5. The van der Waals surface area contributed by atoms with E-state index in [0.717, 1.165) is 41.9 Å². The number of H-pyrrole nitrogens is 1. The number of aromatic nitrogens is 2. The number of amides is 1. The summed E-state index contributed by atoms with van der Waals surface area (Å²) >= 11 is 1.58. The Hall–Kier alpha value is -2.52. The summed E-state index contributed by atoms with van der Waals surface area (Å²) in [5.41, 5.74) is 1.86. The fraction of sp³-hybridized carbons (Fsp3) is 0.429. The first kappa shape index (κ1) is 19.4. The Bertz CT molecular complexity index is 1070. The Morgan fingerprint density at radius 3 is 3.13 bits per heavy atom. The molecule has 1 atom stereocenters. The molecule has 3 aromatic rings. The lowest BCUT2D eigenvalue weighted by Crippen LogP contribution is -2.35. The zero-order valence-corrected chi connectivity index (χ0v) is 17.1. The van der Waals surface area contributed by atoms with E-state index in [9.17, 15) is 13.6 Å². The van der Waals surface area contributed by atoms with Gasteiger partial charge in [0.1, 0.15) is 5.69 Å². The number of carbonyl (C=O) groups excluding carboxylic acids is 1. The number of nitrogens with one attached hydrogen (secondary N) is 2. The third-order valence-corrected chi connectivity index (χ3v) is 6.79. The second-order valence-electron chi connectivity index (χ2n) is 7.77. The summed E-state index contributed by atoms with van der Waals surface area (Å²) < 4.78 is 31.9. The molecule has 9 heteroatoms. The number of aromatic amines is 1. The van der Waals surface area contributed by atoms with E-state index in [0.29, 0.717) is 42.0 Å². The highest BCUT2D eigenvalue weighted by molar-refractivity contribution is 7.15. The van der Waals surface area contributed by atoms with Crippen molar-refractivity contribution in [3.05, 3.63) is 46.1 Å². The predicted octanol–water partition coefficient (Wildman–Crippen LogP) is 4.21. The monoisotopic (exact) mass is 432 g/mol. The summed E-state index contributed by atoms with van der Waals surface area (Å²) in [7, 11) is 0. The number of rotatable bonds is 5. The van der Waals surface area contributed by atoms with Crippen molar-refractivity contribution < 1.29 is 18.3 Å². The molecule has 2 aromatic heterocycles. The average Bonchev–Trinajstić information content (AvgIpc) is 3.49. The summed E-state index contributed by atoms with van der Waals surface area (Å²) in [6.07, 6.45) is -0.823. The SMILES string of the molecule is O=C(c1cc2c(C(F)F)cccc2[nH]1)N1CCc2nc(NCC3CCOC3)sc2C1. The van der Waals surface area contributed by atoms with Crippen LogP contribution in [-0.4, -0.2) is 47.1 Å². The van der Waals surface area contributed by atoms with Crippen LogP contribution in [0, 0.1) is 5.92 Å². The minimum atomic E-state index is -2.58. The highest BCUT2D eigenvalue weighted by atomic mass is 32.1. The Morgan fingerprint density at radius 2 is 2.33 bits per heavy atom. The molecule has 1 unspecified atom stereocenters. The summed E-state index contributed by atoms with van der Waals surface area (Å²) in [5.74, 6) is 0.340. The lowest BCUT2D eigenvalue weighted by atomic mass is 10.1. The number of halogens is 2. The zero-order chi connectivity index (χ0) is 20.7. The maximum Gasteiger partial charge on any atom is 0.270 e. The number of anilines is 1. The van der Waals surface area contributed by atoms with Gasteiger partial charge < -0.3 is 19.9 Å². The van der Waals surface area contributed by atoms with Gasteiger partial charge in [0.25, 0.3) is 12.3 Å². The van der Waals surface area contributed by atoms with Gasteiger partial charge in [0.15, 0.2) is 5.13 Å². The number of carbonyl (C=O) groups is 1. The summed E-state index contributed by atoms with van der Waals surface area (Å²) in [6.45, 7) is 3.50. The molecule has 5 rings (SSSR count). The maximum atomic E-state index is 13.3. The first-order valence-corrected chi connectivity index (χ1v) is 10.9. The molecule has 0 radical (unpaired) electrons. The van der Waals surface area contributed by atoms with E-state index in [1.54, 1.807) is 28.4 Å². The van der Waals surface area contributed by atoms with Gasteiger partial charge in [-0.3, -0.25) is 4.79 Å². The maximum absolute atomic E-state index is 13.3. The van der Waals surface area contributed by atoms with Gasteiger partial charge in [-0.15, -0.1) is 0 Å². The minimum Gasteiger partial charge on any atom is -0.381 e. The van der Waals surface area contributed by atoms with Crippen molar-refractivity contribution in [2.45, 2.75) is 25.8 Å². The minimum absolute atomic E-state index is 0.0606. The van der Waals surface area contributed by atoms with Crippen LogP contribution in [0.15, 0.2) is 24.3 Å². The topological polar surface area (TPSA) is 70.2 Å². The van der Waals surface area contributed by atoms with Crippen LogP contribution in [0.25, 0.3) is 10.9 Å². The molecule has 0 bridgehead atoms. The molecular formula is C21H22F2N4O2S. The van der Waals surface area contributed by atoms with Gasteiger partial charge in [0.2, 0.25) is 0 Å². The van der Waals surface area contributed by atoms with Gasteiger partial charge in [0.05, 0.1) is 18.8 Å². The predicted molar refractivity (Wildman–Crippen MR) is 111 cm³/mol. The van der Waals surface area contributed by atoms with E-state index in [2.05, 4.69) is 15.3 Å². The first-order valence-electron chi connectivity index (χ1n) is 10.1. The van der Waals surface area contributed by atoms with Crippen LogP contribution < -0.4 is 5.32 Å². The number of fused-ring (bicyclic) bond motifs is 2. The van der Waals surface area contributed by atoms with Crippen molar-refractivity contribution in [1.82, 2.24) is 14.9 Å². The van der Waals surface area contributed by atoms with Gasteiger partial charge in [-0.2, -0.15) is 0 Å². The molecule has 158 valence electrons. The summed E-state index contributed by atoms with van der Waals surface area (Å²) in [6, 6.07) is 6.22. The van der Waals surface area contributed by atoms with Crippen LogP contribution in [0.1, 0.15) is 39.5 Å². The molecule has 1 aromatic carbocycles. The largest absolute Gasteiger partial charge is 0.381 e. The molecular weight excluding hydrogens is 410 g/mol. The molecule has 6 nitrogen and oxygen atoms in total. The summed E-state index contributed by atoms with van der Waals surface area (Å²) in [5, 5.41) is 4.68. The van der Waals surface area contributed by atoms with Gasteiger partial charge >= 0.3 is 0 Å². The Labute approximate surface area is 176 Å². The van der Waals surface area contributed by atoms with E-state index in [1.165, 1.54) is 12.1 Å². The third kappa shape index (κ3) is 3.67. The molecule has 0 saturated carbocycles. The second kappa shape index (κ2) is 7.96. The third-order valence-electron chi connectivity index (χ3n) is 5.75. The molecule has 4 heterocycles. The zero-order valence-electron chi connectivity index (χ0n) is 16.3. The number of nitrogens with zero attached hydrogens (tertiary/aromatic N) is 2. The van der Waals surface area contributed by atoms with E-state index in [-0.39, 0.29) is 11.5 Å². The Kier molecular flexibility index (Phi) is 5.16. The van der Waals surface area contributed by atoms with Gasteiger partial charge in [-0.25, -0.2) is 13.8 Å².